The van der Waals surface area contributed by atoms with Crippen LogP contribution in [0.15, 0.2) is 41.2 Å². The Labute approximate surface area is 201 Å². The van der Waals surface area contributed by atoms with Crippen LogP contribution in [0.1, 0.15) is 51.6 Å². The number of rotatable bonds is 3. The largest absolute Gasteiger partial charge is 0.394 e. The number of ether oxygens (including phenoxy) is 1. The highest BCUT2D eigenvalue weighted by Crippen LogP contribution is 2.30. The topological polar surface area (TPSA) is 113 Å². The summed E-state index contributed by atoms with van der Waals surface area (Å²) in [6, 6.07) is 11.4. The van der Waals surface area contributed by atoms with Crippen LogP contribution in [0.25, 0.3) is 16.7 Å². The maximum Gasteiger partial charge on any atom is 0.294 e. The molecular weight excluding hydrogens is 446 g/mol. The molecule has 35 heavy (non-hydrogen) atoms. The molecule has 2 aromatic carbocycles. The second kappa shape index (κ2) is 8.58. The van der Waals surface area contributed by atoms with Gasteiger partial charge in [-0.2, -0.15) is 0 Å². The van der Waals surface area contributed by atoms with Crippen molar-refractivity contribution < 1.29 is 14.6 Å². The summed E-state index contributed by atoms with van der Waals surface area (Å²) in [5, 5.41) is 18.6. The molecule has 0 bridgehead atoms. The molecule has 2 aliphatic heterocycles. The van der Waals surface area contributed by atoms with Crippen molar-refractivity contribution in [3.05, 3.63) is 74.8 Å². The number of carbonyl (C=O) groups is 1. The first-order chi connectivity index (χ1) is 17.0. The van der Waals surface area contributed by atoms with Crippen molar-refractivity contribution in [3.8, 4) is 0 Å². The molecule has 1 amide bonds. The molecule has 2 aromatic heterocycles. The molecule has 0 aliphatic carbocycles. The van der Waals surface area contributed by atoms with E-state index in [2.05, 4.69) is 15.2 Å². The summed E-state index contributed by atoms with van der Waals surface area (Å²) in [6.45, 7) is 3.53. The van der Waals surface area contributed by atoms with Gasteiger partial charge in [0.1, 0.15) is 5.82 Å². The first-order valence-electron chi connectivity index (χ1n) is 12.0. The second-order valence-corrected chi connectivity index (χ2v) is 9.48. The number of aliphatic hydroxyl groups is 1. The van der Waals surface area contributed by atoms with E-state index in [1.54, 1.807) is 11.0 Å². The third-order valence-corrected chi connectivity index (χ3v) is 7.37. The van der Waals surface area contributed by atoms with Crippen molar-refractivity contribution in [3.63, 3.8) is 0 Å². The minimum atomic E-state index is -0.342. The molecule has 9 nitrogen and oxygen atoms in total. The summed E-state index contributed by atoms with van der Waals surface area (Å²) >= 11 is 0. The molecule has 1 fully saturated rings. The number of carbonyl (C=O) groups excluding carboxylic acids is 1. The summed E-state index contributed by atoms with van der Waals surface area (Å²) in [7, 11) is 0. The molecule has 0 saturated carbocycles. The van der Waals surface area contributed by atoms with Gasteiger partial charge in [-0.3, -0.25) is 14.0 Å². The van der Waals surface area contributed by atoms with Gasteiger partial charge >= 0.3 is 0 Å². The van der Waals surface area contributed by atoms with E-state index in [1.807, 2.05) is 41.7 Å². The summed E-state index contributed by atoms with van der Waals surface area (Å²) in [4.78, 5) is 31.2. The average molecular weight is 474 g/mol. The zero-order valence-corrected chi connectivity index (χ0v) is 19.5. The smallest absolute Gasteiger partial charge is 0.294 e. The van der Waals surface area contributed by atoms with Gasteiger partial charge in [-0.25, -0.2) is 0 Å². The third-order valence-electron chi connectivity index (χ3n) is 7.37. The maximum absolute atomic E-state index is 13.7. The Hall–Kier alpha value is -3.56. The molecule has 2 N–H and O–H groups in total. The molecule has 1 atom stereocenters. The zero-order valence-electron chi connectivity index (χ0n) is 19.5. The molecule has 180 valence electrons. The van der Waals surface area contributed by atoms with Crippen LogP contribution in [-0.2, 0) is 17.7 Å². The lowest BCUT2D eigenvalue weighted by Crippen LogP contribution is -2.46. The number of nitrogens with one attached hydrogen (secondary N) is 1. The lowest BCUT2D eigenvalue weighted by molar-refractivity contribution is 0.0543. The van der Waals surface area contributed by atoms with Gasteiger partial charge in [0.15, 0.2) is 0 Å². The summed E-state index contributed by atoms with van der Waals surface area (Å²) in [5.74, 6) is 0.752. The van der Waals surface area contributed by atoms with E-state index in [-0.39, 0.29) is 35.7 Å². The number of fused-ring (bicyclic) bond motifs is 4. The Morgan fingerprint density at radius 1 is 1.17 bits per heavy atom. The molecule has 4 aromatic rings. The molecular formula is C26H27N5O4. The number of amides is 1. The van der Waals surface area contributed by atoms with Gasteiger partial charge in [-0.05, 0) is 55.0 Å². The maximum atomic E-state index is 13.7. The quantitative estimate of drug-likeness (QED) is 0.472. The minimum Gasteiger partial charge on any atom is -0.394 e. The molecule has 0 unspecified atom stereocenters. The van der Waals surface area contributed by atoms with E-state index >= 15 is 0 Å². The van der Waals surface area contributed by atoms with E-state index in [0.29, 0.717) is 37.3 Å². The zero-order chi connectivity index (χ0) is 24.1. The lowest BCUT2D eigenvalue weighted by atomic mass is 9.93. The molecule has 0 radical (unpaired) electrons. The highest BCUT2D eigenvalue weighted by atomic mass is 16.5. The Bertz CT molecular complexity index is 1500. The van der Waals surface area contributed by atoms with E-state index in [9.17, 15) is 14.7 Å². The Balaban J connectivity index is 1.45. The number of aliphatic hydroxyl groups excluding tert-OH is 1. The monoisotopic (exact) mass is 473 g/mol. The van der Waals surface area contributed by atoms with Crippen molar-refractivity contribution in [2.45, 2.75) is 44.7 Å². The van der Waals surface area contributed by atoms with Crippen LogP contribution in [0.5, 0.6) is 0 Å². The normalized spacial score (nSPS) is 18.8. The van der Waals surface area contributed by atoms with Crippen LogP contribution in [0.2, 0.25) is 0 Å². The fourth-order valence-corrected chi connectivity index (χ4v) is 5.43. The highest BCUT2D eigenvalue weighted by Gasteiger charge is 2.31. The van der Waals surface area contributed by atoms with E-state index in [1.165, 1.54) is 0 Å². The second-order valence-electron chi connectivity index (χ2n) is 9.48. The van der Waals surface area contributed by atoms with Crippen molar-refractivity contribution >= 4 is 22.6 Å². The van der Waals surface area contributed by atoms with Crippen LogP contribution < -0.4 is 5.56 Å². The predicted octanol–water partition coefficient (Wildman–Crippen LogP) is 2.33. The molecule has 2 aliphatic rings. The van der Waals surface area contributed by atoms with Crippen molar-refractivity contribution in [2.24, 2.45) is 0 Å². The number of aromatic nitrogens is 4. The van der Waals surface area contributed by atoms with E-state index in [4.69, 9.17) is 4.74 Å². The minimum absolute atomic E-state index is 0.112. The van der Waals surface area contributed by atoms with Crippen LogP contribution >= 0.6 is 0 Å². The Morgan fingerprint density at radius 2 is 1.94 bits per heavy atom. The van der Waals surface area contributed by atoms with Crippen molar-refractivity contribution in [2.75, 3.05) is 19.8 Å². The molecule has 0 spiro atoms. The number of aromatic amines is 1. The lowest BCUT2D eigenvalue weighted by Gasteiger charge is -2.36. The van der Waals surface area contributed by atoms with Gasteiger partial charge in [0.05, 0.1) is 23.7 Å². The standard InChI is InChI=1S/C26H27N5O4/c1-15-10-22-21(27-25(33)24-29-28-23(31(22)24)16-6-8-35-9-7-16)12-20(15)26(34)30-13-18-5-3-2-4-17(18)11-19(30)14-32/h2-5,10,12,16,19,32H,6-9,11,13-14H2,1H3,(H,27,33)/t19-/m1/s1. The SMILES string of the molecule is Cc1cc2c(cc1C(=O)N1Cc3ccccc3C[C@@H]1CO)[nH]c(=O)c1nnc(C3CCOCC3)n12. The number of nitrogens with zero attached hydrogens (tertiary/aromatic N) is 4. The summed E-state index contributed by atoms with van der Waals surface area (Å²) in [6.07, 6.45) is 2.25. The average Bonchev–Trinajstić information content (AvgIpc) is 3.34. The fraction of sp³-hybridized carbons (Fsp3) is 0.385. The van der Waals surface area contributed by atoms with Crippen molar-refractivity contribution in [1.82, 2.24) is 24.5 Å². The number of hydrogen-bond acceptors (Lipinski definition) is 6. The number of benzene rings is 2. The molecule has 4 heterocycles. The van der Waals surface area contributed by atoms with Gasteiger partial charge in [0.25, 0.3) is 11.5 Å². The predicted molar refractivity (Wildman–Crippen MR) is 130 cm³/mol. The van der Waals surface area contributed by atoms with Gasteiger partial charge in [-0.1, -0.05) is 24.3 Å². The highest BCUT2D eigenvalue weighted by molar-refractivity contribution is 5.99. The van der Waals surface area contributed by atoms with Gasteiger partial charge < -0.3 is 19.7 Å². The van der Waals surface area contributed by atoms with Crippen LogP contribution in [-0.4, -0.2) is 61.4 Å². The van der Waals surface area contributed by atoms with Crippen LogP contribution in [0.4, 0.5) is 0 Å². The summed E-state index contributed by atoms with van der Waals surface area (Å²) in [5.41, 5.74) is 4.78. The van der Waals surface area contributed by atoms with Crippen LogP contribution in [0.3, 0.4) is 0 Å². The summed E-state index contributed by atoms with van der Waals surface area (Å²) < 4.78 is 7.33. The molecule has 1 saturated heterocycles. The number of H-pyrrole nitrogens is 1. The van der Waals surface area contributed by atoms with Crippen molar-refractivity contribution in [1.29, 1.82) is 0 Å². The van der Waals surface area contributed by atoms with Crippen LogP contribution in [0, 0.1) is 6.92 Å². The molecule has 9 heteroatoms. The van der Waals surface area contributed by atoms with E-state index < -0.39 is 0 Å². The number of hydrogen-bond donors (Lipinski definition) is 2. The Kier molecular flexibility index (Phi) is 5.38. The third kappa shape index (κ3) is 3.62. The van der Waals surface area contributed by atoms with Gasteiger partial charge in [0.2, 0.25) is 5.65 Å². The first-order valence-corrected chi connectivity index (χ1v) is 12.0. The van der Waals surface area contributed by atoms with E-state index in [0.717, 1.165) is 40.9 Å². The fourth-order valence-electron chi connectivity index (χ4n) is 5.43. The molecule has 6 rings (SSSR count). The first kappa shape index (κ1) is 21.9. The number of aryl methyl sites for hydroxylation is 1. The Morgan fingerprint density at radius 3 is 2.71 bits per heavy atom. The van der Waals surface area contributed by atoms with Gasteiger partial charge in [0, 0.05) is 31.2 Å². The van der Waals surface area contributed by atoms with Gasteiger partial charge in [-0.15, -0.1) is 10.2 Å².